The Morgan fingerprint density at radius 1 is 1.03 bits per heavy atom. The molecule has 1 N–H and O–H groups in total. The fourth-order valence-electron chi connectivity index (χ4n) is 4.46. The van der Waals surface area contributed by atoms with Crippen LogP contribution >= 0.6 is 0 Å². The number of aryl methyl sites for hydroxylation is 2. The second-order valence-corrected chi connectivity index (χ2v) is 8.05. The number of hydrogen-bond acceptors (Lipinski definition) is 4. The number of nitrogens with zero attached hydrogens (tertiary/aromatic N) is 2. The zero-order valence-corrected chi connectivity index (χ0v) is 16.9. The Balaban J connectivity index is 1.87. The van der Waals surface area contributed by atoms with Crippen LogP contribution in [0.5, 0.6) is 0 Å². The van der Waals surface area contributed by atoms with Crippen molar-refractivity contribution >= 4 is 17.4 Å². The first-order chi connectivity index (χ1) is 14.0. The van der Waals surface area contributed by atoms with Gasteiger partial charge in [0.05, 0.1) is 11.3 Å². The summed E-state index contributed by atoms with van der Waals surface area (Å²) < 4.78 is 0. The van der Waals surface area contributed by atoms with Crippen LogP contribution in [0, 0.1) is 13.8 Å². The second-order valence-electron chi connectivity index (χ2n) is 8.05. The van der Waals surface area contributed by atoms with Crippen LogP contribution in [0.15, 0.2) is 48.2 Å². The Bertz CT molecular complexity index is 975. The van der Waals surface area contributed by atoms with E-state index < -0.39 is 17.7 Å². The molecule has 1 amide bonds. The molecule has 5 heteroatoms. The smallest absolute Gasteiger partial charge is 0.295 e. The predicted octanol–water partition coefficient (Wildman–Crippen LogP) is 4.45. The summed E-state index contributed by atoms with van der Waals surface area (Å²) in [7, 11) is 0. The first-order valence-electron chi connectivity index (χ1n) is 10.3. The molecule has 2 aliphatic rings. The van der Waals surface area contributed by atoms with Crippen LogP contribution in [-0.2, 0) is 9.59 Å². The molecule has 0 bridgehead atoms. The summed E-state index contributed by atoms with van der Waals surface area (Å²) in [5.41, 5.74) is 3.43. The van der Waals surface area contributed by atoms with Crippen molar-refractivity contribution in [1.29, 1.82) is 0 Å². The van der Waals surface area contributed by atoms with E-state index in [9.17, 15) is 14.7 Å². The van der Waals surface area contributed by atoms with Crippen LogP contribution in [0.25, 0.3) is 5.76 Å². The molecule has 29 heavy (non-hydrogen) atoms. The Morgan fingerprint density at radius 2 is 1.79 bits per heavy atom. The van der Waals surface area contributed by atoms with E-state index in [-0.39, 0.29) is 17.4 Å². The Morgan fingerprint density at radius 3 is 2.45 bits per heavy atom. The van der Waals surface area contributed by atoms with Crippen molar-refractivity contribution < 1.29 is 14.7 Å². The van der Waals surface area contributed by atoms with E-state index in [0.717, 1.165) is 43.2 Å². The molecule has 1 aliphatic carbocycles. The quantitative estimate of drug-likeness (QED) is 0.477. The molecule has 1 atom stereocenters. The van der Waals surface area contributed by atoms with Crippen LogP contribution in [0.4, 0.5) is 0 Å². The highest BCUT2D eigenvalue weighted by Crippen LogP contribution is 2.42. The van der Waals surface area contributed by atoms with Gasteiger partial charge in [0, 0.05) is 17.8 Å². The minimum atomic E-state index is -0.652. The van der Waals surface area contributed by atoms with Crippen molar-refractivity contribution in [3.05, 3.63) is 70.6 Å². The zero-order valence-electron chi connectivity index (χ0n) is 16.9. The summed E-state index contributed by atoms with van der Waals surface area (Å²) in [5.74, 6) is -1.28. The van der Waals surface area contributed by atoms with Gasteiger partial charge in [-0.25, -0.2) is 0 Å². The summed E-state index contributed by atoms with van der Waals surface area (Å²) in [4.78, 5) is 32.2. The number of ketones is 1. The standard InChI is InChI=1S/C24H26N2O3/c1-15-11-12-17(14-16(15)2)22(27)20-21(19-10-6-7-13-25-19)26(24(29)23(20)28)18-8-4-3-5-9-18/h6-7,10-14,18,21,27H,3-5,8-9H2,1-2H3/b22-20-. The highest BCUT2D eigenvalue weighted by atomic mass is 16.3. The van der Waals surface area contributed by atoms with E-state index in [4.69, 9.17) is 0 Å². The summed E-state index contributed by atoms with van der Waals surface area (Å²) in [6.07, 6.45) is 6.64. The van der Waals surface area contributed by atoms with Crippen LogP contribution in [0.3, 0.4) is 0 Å². The monoisotopic (exact) mass is 390 g/mol. The number of Topliss-reactive ketones (excluding diaryl/α,β-unsaturated/α-hetero) is 1. The molecule has 4 rings (SSSR count). The number of amides is 1. The number of rotatable bonds is 3. The largest absolute Gasteiger partial charge is 0.507 e. The lowest BCUT2D eigenvalue weighted by molar-refractivity contribution is -0.141. The van der Waals surface area contributed by atoms with Crippen molar-refractivity contribution in [3.63, 3.8) is 0 Å². The number of aromatic nitrogens is 1. The van der Waals surface area contributed by atoms with Gasteiger partial charge in [-0.05, 0) is 56.0 Å². The van der Waals surface area contributed by atoms with E-state index in [1.165, 1.54) is 0 Å². The number of benzene rings is 1. The fraction of sp³-hybridized carbons (Fsp3) is 0.375. The number of carbonyl (C=O) groups excluding carboxylic acids is 2. The molecule has 1 aromatic carbocycles. The van der Waals surface area contributed by atoms with Gasteiger partial charge in [-0.2, -0.15) is 0 Å². The van der Waals surface area contributed by atoms with Crippen molar-refractivity contribution in [2.24, 2.45) is 0 Å². The highest BCUT2D eigenvalue weighted by Gasteiger charge is 2.49. The van der Waals surface area contributed by atoms with E-state index in [2.05, 4.69) is 4.98 Å². The lowest BCUT2D eigenvalue weighted by Gasteiger charge is -2.35. The number of likely N-dealkylation sites (tertiary alicyclic amines) is 1. The third-order valence-electron chi connectivity index (χ3n) is 6.20. The molecule has 5 nitrogen and oxygen atoms in total. The predicted molar refractivity (Wildman–Crippen MR) is 111 cm³/mol. The highest BCUT2D eigenvalue weighted by molar-refractivity contribution is 6.46. The van der Waals surface area contributed by atoms with Gasteiger partial charge in [-0.1, -0.05) is 37.5 Å². The first-order valence-corrected chi connectivity index (χ1v) is 10.3. The average molecular weight is 390 g/mol. The van der Waals surface area contributed by atoms with E-state index in [1.807, 2.05) is 38.1 Å². The van der Waals surface area contributed by atoms with Gasteiger partial charge >= 0.3 is 0 Å². The molecule has 150 valence electrons. The Labute approximate surface area is 171 Å². The molecule has 1 saturated heterocycles. The first kappa shape index (κ1) is 19.4. The van der Waals surface area contributed by atoms with Gasteiger partial charge in [0.1, 0.15) is 11.8 Å². The minimum Gasteiger partial charge on any atom is -0.507 e. The molecule has 2 fully saturated rings. The van der Waals surface area contributed by atoms with Gasteiger partial charge < -0.3 is 10.0 Å². The Hall–Kier alpha value is -2.95. The minimum absolute atomic E-state index is 0.00254. The molecule has 0 radical (unpaired) electrons. The molecule has 0 spiro atoms. The van der Waals surface area contributed by atoms with Gasteiger partial charge in [0.2, 0.25) is 0 Å². The number of hydrogen-bond donors (Lipinski definition) is 1. The van der Waals surface area contributed by atoms with Gasteiger partial charge in [0.25, 0.3) is 11.7 Å². The van der Waals surface area contributed by atoms with Crippen molar-refractivity contribution in [1.82, 2.24) is 9.88 Å². The number of carbonyl (C=O) groups is 2. The number of pyridine rings is 1. The summed E-state index contributed by atoms with van der Waals surface area (Å²) in [6, 6.07) is 10.4. The lowest BCUT2D eigenvalue weighted by Crippen LogP contribution is -2.40. The van der Waals surface area contributed by atoms with Crippen LogP contribution in [-0.4, -0.2) is 32.7 Å². The van der Waals surface area contributed by atoms with E-state index in [1.54, 1.807) is 23.2 Å². The van der Waals surface area contributed by atoms with Gasteiger partial charge in [-0.3, -0.25) is 14.6 Å². The molecule has 1 unspecified atom stereocenters. The van der Waals surface area contributed by atoms with Crippen LogP contribution in [0.1, 0.15) is 60.5 Å². The summed E-state index contributed by atoms with van der Waals surface area (Å²) in [5, 5.41) is 11.1. The van der Waals surface area contributed by atoms with Gasteiger partial charge in [-0.15, -0.1) is 0 Å². The van der Waals surface area contributed by atoms with Crippen LogP contribution in [0.2, 0.25) is 0 Å². The maximum Gasteiger partial charge on any atom is 0.295 e. The third kappa shape index (κ3) is 3.46. The van der Waals surface area contributed by atoms with Crippen molar-refractivity contribution in [2.75, 3.05) is 0 Å². The molecule has 2 heterocycles. The molecule has 1 aromatic heterocycles. The average Bonchev–Trinajstić information content (AvgIpc) is 3.01. The zero-order chi connectivity index (χ0) is 20.5. The number of aliphatic hydroxyl groups excluding tert-OH is 1. The SMILES string of the molecule is Cc1ccc(/C(O)=C2/C(=O)C(=O)N(C3CCCCC3)C2c2ccccn2)cc1C. The van der Waals surface area contributed by atoms with Crippen molar-refractivity contribution in [2.45, 2.75) is 58.0 Å². The summed E-state index contributed by atoms with van der Waals surface area (Å²) >= 11 is 0. The number of aliphatic hydroxyl groups is 1. The molecule has 1 saturated carbocycles. The molecular formula is C24H26N2O3. The maximum absolute atomic E-state index is 13.1. The van der Waals surface area contributed by atoms with Gasteiger partial charge in [0.15, 0.2) is 0 Å². The Kier molecular flexibility index (Phi) is 5.22. The van der Waals surface area contributed by atoms with E-state index >= 15 is 0 Å². The topological polar surface area (TPSA) is 70.5 Å². The molecular weight excluding hydrogens is 364 g/mol. The third-order valence-corrected chi connectivity index (χ3v) is 6.20. The normalized spacial score (nSPS) is 22.3. The second kappa shape index (κ2) is 7.82. The lowest BCUT2D eigenvalue weighted by atomic mass is 9.92. The van der Waals surface area contributed by atoms with Crippen molar-refractivity contribution in [3.8, 4) is 0 Å². The molecule has 2 aromatic rings. The fourth-order valence-corrected chi connectivity index (χ4v) is 4.46. The van der Waals surface area contributed by atoms with Crippen LogP contribution < -0.4 is 0 Å². The summed E-state index contributed by atoms with van der Waals surface area (Å²) in [6.45, 7) is 3.96. The maximum atomic E-state index is 13.1. The molecule has 1 aliphatic heterocycles. The van der Waals surface area contributed by atoms with E-state index in [0.29, 0.717) is 11.3 Å².